The van der Waals surface area contributed by atoms with Gasteiger partial charge in [0.05, 0.1) is 30.0 Å². The van der Waals surface area contributed by atoms with Crippen molar-refractivity contribution in [1.29, 1.82) is 0 Å². The number of morpholine rings is 1. The molecule has 1 amide bonds. The van der Waals surface area contributed by atoms with Crippen LogP contribution in [0.4, 0.5) is 5.13 Å². The summed E-state index contributed by atoms with van der Waals surface area (Å²) in [5.41, 5.74) is 2.74. The van der Waals surface area contributed by atoms with Crippen LogP contribution in [-0.2, 0) is 4.74 Å². The van der Waals surface area contributed by atoms with E-state index in [1.165, 1.54) is 5.56 Å². The van der Waals surface area contributed by atoms with Gasteiger partial charge in [-0.05, 0) is 49.2 Å². The fraction of sp³-hybridized carbons (Fsp3) is 0.440. The lowest BCUT2D eigenvalue weighted by Crippen LogP contribution is -2.43. The number of anilines is 1. The summed E-state index contributed by atoms with van der Waals surface area (Å²) < 4.78 is 12.4. The molecular weight excluding hydrogens is 422 g/mol. The Kier molecular flexibility index (Phi) is 7.73. The third kappa shape index (κ3) is 5.65. The van der Waals surface area contributed by atoms with E-state index in [0.29, 0.717) is 18.7 Å². The number of aryl methyl sites for hydroxylation is 1. The van der Waals surface area contributed by atoms with Gasteiger partial charge in [0.1, 0.15) is 5.75 Å². The third-order valence-corrected chi connectivity index (χ3v) is 6.64. The van der Waals surface area contributed by atoms with E-state index in [9.17, 15) is 4.79 Å². The number of ether oxygens (including phenoxy) is 2. The molecule has 0 N–H and O–H groups in total. The average molecular weight is 454 g/mol. The van der Waals surface area contributed by atoms with E-state index < -0.39 is 0 Å². The lowest BCUT2D eigenvalue weighted by molar-refractivity contribution is 0.0391. The summed E-state index contributed by atoms with van der Waals surface area (Å²) in [6.07, 6.45) is 2.07. The van der Waals surface area contributed by atoms with Crippen LogP contribution in [0, 0.1) is 6.92 Å². The molecule has 3 aromatic rings. The minimum atomic E-state index is -0.0463. The van der Waals surface area contributed by atoms with Crippen LogP contribution in [0.2, 0.25) is 0 Å². The van der Waals surface area contributed by atoms with Gasteiger partial charge in [-0.15, -0.1) is 0 Å². The number of thiazole rings is 1. The number of unbranched alkanes of at least 4 members (excludes halogenated alkanes) is 1. The van der Waals surface area contributed by atoms with E-state index in [2.05, 4.69) is 30.9 Å². The Bertz CT molecular complexity index is 1050. The summed E-state index contributed by atoms with van der Waals surface area (Å²) in [6.45, 7) is 9.50. The van der Waals surface area contributed by atoms with Crippen molar-refractivity contribution in [2.75, 3.05) is 50.9 Å². The summed E-state index contributed by atoms with van der Waals surface area (Å²) in [7, 11) is 0. The predicted octanol–water partition coefficient (Wildman–Crippen LogP) is 4.76. The first-order valence-corrected chi connectivity index (χ1v) is 12.2. The van der Waals surface area contributed by atoms with E-state index in [-0.39, 0.29) is 5.91 Å². The summed E-state index contributed by atoms with van der Waals surface area (Å²) in [5.74, 6) is 0.687. The average Bonchev–Trinajstić information content (AvgIpc) is 3.23. The summed E-state index contributed by atoms with van der Waals surface area (Å²) in [6, 6.07) is 13.7. The van der Waals surface area contributed by atoms with Crippen molar-refractivity contribution in [3.05, 3.63) is 53.6 Å². The minimum Gasteiger partial charge on any atom is -0.494 e. The first-order valence-electron chi connectivity index (χ1n) is 11.4. The second kappa shape index (κ2) is 10.9. The number of amides is 1. The van der Waals surface area contributed by atoms with Crippen molar-refractivity contribution in [3.8, 4) is 5.75 Å². The van der Waals surface area contributed by atoms with Crippen LogP contribution in [-0.4, -0.2) is 61.8 Å². The molecule has 1 aliphatic rings. The van der Waals surface area contributed by atoms with E-state index in [1.807, 2.05) is 35.2 Å². The molecule has 2 aromatic carbocycles. The zero-order valence-corrected chi connectivity index (χ0v) is 19.7. The molecule has 0 radical (unpaired) electrons. The number of carbonyl (C=O) groups is 1. The number of fused-ring (bicyclic) bond motifs is 1. The van der Waals surface area contributed by atoms with Gasteiger partial charge < -0.3 is 9.47 Å². The molecule has 0 unspecified atom stereocenters. The highest BCUT2D eigenvalue weighted by molar-refractivity contribution is 7.22. The monoisotopic (exact) mass is 453 g/mol. The molecular formula is C25H31N3O3S. The van der Waals surface area contributed by atoms with Crippen LogP contribution >= 0.6 is 11.3 Å². The molecule has 0 spiro atoms. The van der Waals surface area contributed by atoms with Crippen LogP contribution in [0.15, 0.2) is 42.5 Å². The number of aromatic nitrogens is 1. The Labute approximate surface area is 193 Å². The topological polar surface area (TPSA) is 54.9 Å². The van der Waals surface area contributed by atoms with Gasteiger partial charge in [0.15, 0.2) is 5.13 Å². The fourth-order valence-corrected chi connectivity index (χ4v) is 4.78. The maximum atomic E-state index is 13.6. The first-order chi connectivity index (χ1) is 15.6. The third-order valence-electron chi connectivity index (χ3n) is 5.60. The minimum absolute atomic E-state index is 0.0463. The van der Waals surface area contributed by atoms with Crippen molar-refractivity contribution in [2.45, 2.75) is 26.7 Å². The Balaban J connectivity index is 1.58. The zero-order valence-electron chi connectivity index (χ0n) is 18.9. The number of rotatable bonds is 9. The van der Waals surface area contributed by atoms with Crippen LogP contribution < -0.4 is 9.64 Å². The summed E-state index contributed by atoms with van der Waals surface area (Å²) in [5, 5.41) is 0.737. The van der Waals surface area contributed by atoms with Gasteiger partial charge in [-0.2, -0.15) is 0 Å². The second-order valence-electron chi connectivity index (χ2n) is 8.11. The lowest BCUT2D eigenvalue weighted by atomic mass is 10.2. The standard InChI is InChI=1S/C25H31N3O3S/c1-3-4-14-31-21-7-5-6-20(18-21)24(29)28(11-10-27-12-15-30-16-13-27)25-26-22-9-8-19(2)17-23(22)32-25/h5-9,17-18H,3-4,10-16H2,1-2H3. The number of carbonyl (C=O) groups excluding carboxylic acids is 1. The molecule has 0 aliphatic carbocycles. The van der Waals surface area contributed by atoms with E-state index in [4.69, 9.17) is 14.5 Å². The van der Waals surface area contributed by atoms with Crippen molar-refractivity contribution in [2.24, 2.45) is 0 Å². The number of hydrogen-bond donors (Lipinski definition) is 0. The van der Waals surface area contributed by atoms with Crippen molar-refractivity contribution >= 4 is 32.6 Å². The summed E-state index contributed by atoms with van der Waals surface area (Å²) in [4.78, 5) is 22.6. The maximum absolute atomic E-state index is 13.6. The van der Waals surface area contributed by atoms with Crippen molar-refractivity contribution < 1.29 is 14.3 Å². The van der Waals surface area contributed by atoms with Crippen LogP contribution in [0.5, 0.6) is 5.75 Å². The molecule has 6 nitrogen and oxygen atoms in total. The first kappa shape index (κ1) is 22.7. The highest BCUT2D eigenvalue weighted by Crippen LogP contribution is 2.31. The van der Waals surface area contributed by atoms with Crippen LogP contribution in [0.3, 0.4) is 0 Å². The predicted molar refractivity (Wildman–Crippen MR) is 130 cm³/mol. The quantitative estimate of drug-likeness (QED) is 0.437. The number of benzene rings is 2. The number of nitrogens with zero attached hydrogens (tertiary/aromatic N) is 3. The summed E-state index contributed by atoms with van der Waals surface area (Å²) >= 11 is 1.57. The van der Waals surface area contributed by atoms with Crippen molar-refractivity contribution in [1.82, 2.24) is 9.88 Å². The van der Waals surface area contributed by atoms with E-state index >= 15 is 0 Å². The van der Waals surface area contributed by atoms with E-state index in [1.54, 1.807) is 11.3 Å². The second-order valence-corrected chi connectivity index (χ2v) is 9.12. The van der Waals surface area contributed by atoms with Gasteiger partial charge in [0.2, 0.25) is 0 Å². The maximum Gasteiger partial charge on any atom is 0.260 e. The van der Waals surface area contributed by atoms with Gasteiger partial charge in [-0.3, -0.25) is 14.6 Å². The molecule has 2 heterocycles. The fourth-order valence-electron chi connectivity index (χ4n) is 3.69. The van der Waals surface area contributed by atoms with Crippen LogP contribution in [0.25, 0.3) is 10.2 Å². The molecule has 1 saturated heterocycles. The largest absolute Gasteiger partial charge is 0.494 e. The number of hydrogen-bond acceptors (Lipinski definition) is 6. The van der Waals surface area contributed by atoms with Gasteiger partial charge in [-0.1, -0.05) is 36.8 Å². The normalized spacial score (nSPS) is 14.6. The molecule has 1 aliphatic heterocycles. The van der Waals surface area contributed by atoms with Gasteiger partial charge in [-0.25, -0.2) is 4.98 Å². The van der Waals surface area contributed by atoms with Gasteiger partial charge >= 0.3 is 0 Å². The Morgan fingerprint density at radius 2 is 2.06 bits per heavy atom. The molecule has 32 heavy (non-hydrogen) atoms. The Morgan fingerprint density at radius 3 is 2.88 bits per heavy atom. The molecule has 0 saturated carbocycles. The van der Waals surface area contributed by atoms with Crippen LogP contribution in [0.1, 0.15) is 35.7 Å². The SMILES string of the molecule is CCCCOc1cccc(C(=O)N(CCN2CCOCC2)c2nc3ccc(C)cc3s2)c1. The van der Waals surface area contributed by atoms with Gasteiger partial charge in [0.25, 0.3) is 5.91 Å². The molecule has 0 atom stereocenters. The van der Waals surface area contributed by atoms with Crippen molar-refractivity contribution in [3.63, 3.8) is 0 Å². The molecule has 1 fully saturated rings. The molecule has 170 valence electrons. The Hall–Kier alpha value is -2.48. The smallest absolute Gasteiger partial charge is 0.260 e. The lowest BCUT2D eigenvalue weighted by Gasteiger charge is -2.29. The highest BCUT2D eigenvalue weighted by atomic mass is 32.1. The molecule has 4 rings (SSSR count). The van der Waals surface area contributed by atoms with E-state index in [0.717, 1.165) is 66.8 Å². The molecule has 1 aromatic heterocycles. The van der Waals surface area contributed by atoms with Gasteiger partial charge in [0, 0.05) is 31.7 Å². The Morgan fingerprint density at radius 1 is 1.22 bits per heavy atom. The zero-order chi connectivity index (χ0) is 22.3. The molecule has 7 heteroatoms. The highest BCUT2D eigenvalue weighted by Gasteiger charge is 2.23. The molecule has 0 bridgehead atoms.